The van der Waals surface area contributed by atoms with Gasteiger partial charge in [0.25, 0.3) is 0 Å². The average molecular weight is 516 g/mol. The normalized spacial score (nSPS) is 14.5. The molecule has 0 spiro atoms. The zero-order valence-corrected chi connectivity index (χ0v) is 20.1. The van der Waals surface area contributed by atoms with Crippen molar-refractivity contribution in [2.24, 2.45) is 9.98 Å². The molecule has 2 aliphatic rings. The van der Waals surface area contributed by atoms with Gasteiger partial charge in [-0.3, -0.25) is 0 Å². The Balaban J connectivity index is 1.50. The van der Waals surface area contributed by atoms with Crippen LogP contribution in [0.4, 0.5) is 11.4 Å². The van der Waals surface area contributed by atoms with Crippen LogP contribution in [0.25, 0.3) is 10.8 Å². The Hall–Kier alpha value is -2.48. The van der Waals surface area contributed by atoms with Crippen molar-refractivity contribution in [2.75, 3.05) is 0 Å². The number of nitrogens with zero attached hydrogens (tertiary/aromatic N) is 2. The van der Waals surface area contributed by atoms with E-state index in [1.807, 2.05) is 0 Å². The summed E-state index contributed by atoms with van der Waals surface area (Å²) in [5.41, 5.74) is 7.24. The zero-order chi connectivity index (χ0) is 20.2. The molecule has 0 atom stereocenters. The van der Waals surface area contributed by atoms with Gasteiger partial charge in [0.1, 0.15) is 0 Å². The second-order valence-corrected chi connectivity index (χ2v) is 12.0. The number of aryl methyl sites for hydroxylation is 2. The molecule has 4 heteroatoms. The van der Waals surface area contributed by atoms with Crippen LogP contribution in [0.5, 0.6) is 0 Å². The minimum atomic E-state index is 0.202. The van der Waals surface area contributed by atoms with E-state index in [0.29, 0.717) is 0 Å². The molecule has 0 amide bonds. The molecule has 0 aliphatic carbocycles. The molecule has 0 saturated heterocycles. The second kappa shape index (κ2) is 7.04. The van der Waals surface area contributed by atoms with Gasteiger partial charge in [0.05, 0.1) is 0 Å². The molecule has 0 unspecified atom stereocenters. The summed E-state index contributed by atoms with van der Waals surface area (Å²) in [6.45, 7) is 4.25. The predicted molar refractivity (Wildman–Crippen MR) is 129 cm³/mol. The fourth-order valence-electron chi connectivity index (χ4n) is 3.87. The van der Waals surface area contributed by atoms with Crippen molar-refractivity contribution < 1.29 is 0 Å². The quantitative estimate of drug-likeness (QED) is 0.355. The average Bonchev–Trinajstić information content (AvgIpc) is 2.78. The van der Waals surface area contributed by atoms with Crippen LogP contribution in [0.2, 0.25) is 0 Å². The fraction of sp³-hybridized carbons (Fsp3) is 0.0769. The van der Waals surface area contributed by atoms with E-state index in [1.54, 1.807) is 0 Å². The van der Waals surface area contributed by atoms with Crippen LogP contribution in [-0.4, -0.2) is 39.1 Å². The summed E-state index contributed by atoms with van der Waals surface area (Å²) in [6, 6.07) is 26.5. The van der Waals surface area contributed by atoms with Gasteiger partial charge in [-0.05, 0) is 0 Å². The third-order valence-electron chi connectivity index (χ3n) is 5.49. The molecule has 144 valence electrons. The van der Waals surface area contributed by atoms with Gasteiger partial charge in [-0.2, -0.15) is 0 Å². The molecule has 0 radical (unpaired) electrons. The Morgan fingerprint density at radius 3 is 1.30 bits per heavy atom. The number of rotatable bonds is 2. The Morgan fingerprint density at radius 2 is 0.900 bits per heavy atom. The van der Waals surface area contributed by atoms with Gasteiger partial charge in [0, 0.05) is 0 Å². The molecule has 4 aromatic carbocycles. The molecule has 0 aromatic heterocycles. The maximum atomic E-state index is 5.09. The summed E-state index contributed by atoms with van der Waals surface area (Å²) < 4.78 is 5.27. The van der Waals surface area contributed by atoms with Gasteiger partial charge >= 0.3 is 189 Å². The summed E-state index contributed by atoms with van der Waals surface area (Å²) in [7, 11) is 0. The number of benzene rings is 4. The van der Waals surface area contributed by atoms with Crippen LogP contribution >= 0.6 is 0 Å². The molecule has 0 fully saturated rings. The monoisotopic (exact) mass is 518 g/mol. The van der Waals surface area contributed by atoms with Crippen molar-refractivity contribution in [1.82, 2.24) is 0 Å². The SMILES string of the molecule is Cc1ccc(C2=Nc3ccc4c5c(ccc(c35)[Se]2)N=C(c2ccc(C)cc2)[Se]4)cc1. The van der Waals surface area contributed by atoms with E-state index in [2.05, 4.69) is 86.6 Å². The van der Waals surface area contributed by atoms with Gasteiger partial charge in [-0.25, -0.2) is 0 Å². The van der Waals surface area contributed by atoms with E-state index in [-0.39, 0.29) is 29.9 Å². The Kier molecular flexibility index (Phi) is 4.30. The molecule has 2 nitrogen and oxygen atoms in total. The summed E-state index contributed by atoms with van der Waals surface area (Å²) in [4.78, 5) is 10.2. The van der Waals surface area contributed by atoms with E-state index in [1.165, 1.54) is 51.2 Å². The summed E-state index contributed by atoms with van der Waals surface area (Å²) in [6.07, 6.45) is 0. The number of aliphatic imine (C=N–C) groups is 2. The first-order valence-electron chi connectivity index (χ1n) is 9.93. The Morgan fingerprint density at radius 1 is 0.500 bits per heavy atom. The summed E-state index contributed by atoms with van der Waals surface area (Å²) in [5, 5.41) is 2.66. The van der Waals surface area contributed by atoms with E-state index >= 15 is 0 Å². The maximum absolute atomic E-state index is 5.09. The van der Waals surface area contributed by atoms with Crippen LogP contribution in [0.3, 0.4) is 0 Å². The molecular weight excluding hydrogens is 498 g/mol. The van der Waals surface area contributed by atoms with Crippen LogP contribution in [-0.2, 0) is 0 Å². The molecule has 0 bridgehead atoms. The van der Waals surface area contributed by atoms with Gasteiger partial charge in [-0.1, -0.05) is 0 Å². The van der Waals surface area contributed by atoms with Gasteiger partial charge < -0.3 is 0 Å². The first-order chi connectivity index (χ1) is 14.7. The second-order valence-electron chi connectivity index (χ2n) is 7.69. The molecule has 6 rings (SSSR count). The summed E-state index contributed by atoms with van der Waals surface area (Å²) in [5.74, 6) is 0. The first kappa shape index (κ1) is 18.3. The molecular formula is C26H18N2Se2. The Bertz CT molecular complexity index is 1270. The predicted octanol–water partition coefficient (Wildman–Crippen LogP) is 4.30. The number of hydrogen-bond donors (Lipinski definition) is 0. The third-order valence-corrected chi connectivity index (χ3v) is 10.0. The zero-order valence-electron chi connectivity index (χ0n) is 16.6. The van der Waals surface area contributed by atoms with Crippen molar-refractivity contribution in [3.8, 4) is 0 Å². The first-order valence-corrected chi connectivity index (χ1v) is 13.4. The Labute approximate surface area is 188 Å². The molecule has 4 aromatic rings. The molecule has 0 N–H and O–H groups in total. The van der Waals surface area contributed by atoms with Crippen molar-refractivity contribution in [1.29, 1.82) is 0 Å². The third kappa shape index (κ3) is 3.00. The molecule has 30 heavy (non-hydrogen) atoms. The standard InChI is InChI=1S/C26H18N2Se2/c1-15-3-7-17(8-4-15)25-27-19-11-14-22-24-20(12-13-21(29-25)23(19)24)28-26(30-22)18-9-5-16(2)6-10-18/h3-14H,1-2H3. The van der Waals surface area contributed by atoms with Gasteiger partial charge in [0.15, 0.2) is 0 Å². The van der Waals surface area contributed by atoms with E-state index in [9.17, 15) is 0 Å². The van der Waals surface area contributed by atoms with Crippen molar-refractivity contribution >= 4 is 70.2 Å². The summed E-state index contributed by atoms with van der Waals surface area (Å²) >= 11 is 0.403. The molecule has 2 heterocycles. The van der Waals surface area contributed by atoms with Gasteiger partial charge in [0.2, 0.25) is 0 Å². The van der Waals surface area contributed by atoms with Crippen LogP contribution in [0, 0.1) is 13.8 Å². The van der Waals surface area contributed by atoms with Crippen molar-refractivity contribution in [2.45, 2.75) is 13.8 Å². The fourth-order valence-corrected chi connectivity index (χ4v) is 8.28. The van der Waals surface area contributed by atoms with Crippen LogP contribution in [0.15, 0.2) is 82.8 Å². The van der Waals surface area contributed by atoms with E-state index < -0.39 is 0 Å². The minimum absolute atomic E-state index is 0.202. The van der Waals surface area contributed by atoms with Gasteiger partial charge in [-0.15, -0.1) is 0 Å². The van der Waals surface area contributed by atoms with E-state index in [4.69, 9.17) is 9.98 Å². The number of hydrogen-bond acceptors (Lipinski definition) is 2. The molecule has 2 aliphatic heterocycles. The van der Waals surface area contributed by atoms with Crippen LogP contribution < -0.4 is 8.92 Å². The van der Waals surface area contributed by atoms with E-state index in [0.717, 1.165) is 11.4 Å². The van der Waals surface area contributed by atoms with Crippen molar-refractivity contribution in [3.05, 3.63) is 95.1 Å². The molecule has 0 saturated carbocycles. The van der Waals surface area contributed by atoms with Crippen LogP contribution in [0.1, 0.15) is 22.3 Å². The topological polar surface area (TPSA) is 24.7 Å². The van der Waals surface area contributed by atoms with Crippen molar-refractivity contribution in [3.63, 3.8) is 0 Å².